The largest absolute Gasteiger partial charge is 0.497 e. The molecule has 8 heteroatoms. The average Bonchev–Trinajstić information content (AvgIpc) is 2.89. The Labute approximate surface area is 214 Å². The lowest BCUT2D eigenvalue weighted by Crippen LogP contribution is -2.41. The van der Waals surface area contributed by atoms with Crippen molar-refractivity contribution < 1.29 is 27.8 Å². The third-order valence-corrected chi connectivity index (χ3v) is 6.98. The Hall–Kier alpha value is -3.57. The first-order chi connectivity index (χ1) is 17.8. The molecule has 0 aliphatic carbocycles. The minimum Gasteiger partial charge on any atom is -0.497 e. The SMILES string of the molecule is COc1ccc2nccc([C@@H](F)CC[C@@H]3CCN(CC#Cc4ccc(F)c(F)c4)C[C@@H]3CC(=O)O)c2c1. The van der Waals surface area contributed by atoms with Gasteiger partial charge in [-0.15, -0.1) is 0 Å². The van der Waals surface area contributed by atoms with Gasteiger partial charge in [-0.3, -0.25) is 14.7 Å². The van der Waals surface area contributed by atoms with Crippen LogP contribution in [0.2, 0.25) is 0 Å². The Morgan fingerprint density at radius 3 is 2.78 bits per heavy atom. The third kappa shape index (κ3) is 6.80. The van der Waals surface area contributed by atoms with Gasteiger partial charge in [-0.25, -0.2) is 13.2 Å². The highest BCUT2D eigenvalue weighted by Crippen LogP contribution is 2.36. The summed E-state index contributed by atoms with van der Waals surface area (Å²) in [5.74, 6) is 3.64. The lowest BCUT2D eigenvalue weighted by atomic mass is 9.79. The number of rotatable bonds is 8. The van der Waals surface area contributed by atoms with Crippen LogP contribution in [0.1, 0.15) is 43.0 Å². The van der Waals surface area contributed by atoms with Crippen LogP contribution in [0.4, 0.5) is 13.2 Å². The van der Waals surface area contributed by atoms with Gasteiger partial charge in [-0.05, 0) is 85.7 Å². The molecule has 1 fully saturated rings. The molecule has 0 unspecified atom stereocenters. The second kappa shape index (κ2) is 12.1. The van der Waals surface area contributed by atoms with Crippen molar-refractivity contribution in [2.45, 2.75) is 31.9 Å². The molecule has 5 nitrogen and oxygen atoms in total. The van der Waals surface area contributed by atoms with Crippen LogP contribution in [0.15, 0.2) is 48.7 Å². The van der Waals surface area contributed by atoms with Gasteiger partial charge in [0.15, 0.2) is 11.6 Å². The van der Waals surface area contributed by atoms with Gasteiger partial charge in [-0.2, -0.15) is 0 Å². The Morgan fingerprint density at radius 1 is 1.19 bits per heavy atom. The minimum atomic E-state index is -1.21. The number of aliphatic carboxylic acids is 1. The Balaban J connectivity index is 1.39. The molecule has 0 saturated carbocycles. The van der Waals surface area contributed by atoms with Crippen LogP contribution >= 0.6 is 0 Å². The molecule has 194 valence electrons. The third-order valence-electron chi connectivity index (χ3n) is 6.98. The van der Waals surface area contributed by atoms with Crippen molar-refractivity contribution in [3.05, 3.63) is 71.4 Å². The van der Waals surface area contributed by atoms with E-state index in [9.17, 15) is 18.7 Å². The highest BCUT2D eigenvalue weighted by Gasteiger charge is 2.31. The van der Waals surface area contributed by atoms with E-state index >= 15 is 4.39 Å². The molecule has 2 aromatic carbocycles. The topological polar surface area (TPSA) is 62.7 Å². The molecule has 2 heterocycles. The summed E-state index contributed by atoms with van der Waals surface area (Å²) in [5.41, 5.74) is 1.64. The summed E-state index contributed by atoms with van der Waals surface area (Å²) in [6.07, 6.45) is 1.99. The predicted molar refractivity (Wildman–Crippen MR) is 135 cm³/mol. The second-order valence-corrected chi connectivity index (χ2v) is 9.40. The molecule has 1 aliphatic rings. The van der Waals surface area contributed by atoms with Gasteiger partial charge in [0, 0.05) is 30.1 Å². The molecule has 0 bridgehead atoms. The first kappa shape index (κ1) is 26.5. The fraction of sp³-hybridized carbons (Fsp3) is 0.379. The number of nitrogens with zero attached hydrogens (tertiary/aromatic N) is 2. The average molecular weight is 511 g/mol. The molecular formula is C29H29F3N2O3. The molecule has 37 heavy (non-hydrogen) atoms. The van der Waals surface area contributed by atoms with Gasteiger partial charge in [0.2, 0.25) is 0 Å². The first-order valence-electron chi connectivity index (χ1n) is 12.3. The van der Waals surface area contributed by atoms with E-state index in [1.807, 2.05) is 0 Å². The molecule has 0 amide bonds. The van der Waals surface area contributed by atoms with Gasteiger partial charge >= 0.3 is 5.97 Å². The zero-order valence-electron chi connectivity index (χ0n) is 20.6. The van der Waals surface area contributed by atoms with Crippen LogP contribution in [-0.4, -0.2) is 47.7 Å². The maximum atomic E-state index is 15.4. The molecule has 1 N–H and O–H groups in total. The standard InChI is InChI=1S/C29H29F3N2O3/c1-37-22-6-9-28-24(17-22)23(10-12-33-28)25(30)8-5-20-11-14-34(18-21(20)16-29(35)36)13-2-3-19-4-7-26(31)27(32)15-19/h4,6-7,9-10,12,15,17,20-21,25H,5,8,11,13-14,16,18H2,1H3,(H,35,36)/t20-,21+,25+/m1/s1. The van der Waals surface area contributed by atoms with Crippen LogP contribution in [0.3, 0.4) is 0 Å². The molecule has 0 spiro atoms. The van der Waals surface area contributed by atoms with E-state index < -0.39 is 23.8 Å². The van der Waals surface area contributed by atoms with E-state index in [1.54, 1.807) is 37.6 Å². The van der Waals surface area contributed by atoms with Gasteiger partial charge < -0.3 is 9.84 Å². The van der Waals surface area contributed by atoms with Gasteiger partial charge in [0.1, 0.15) is 11.9 Å². The summed E-state index contributed by atoms with van der Waals surface area (Å²) in [4.78, 5) is 17.9. The number of pyridine rings is 1. The molecule has 1 aliphatic heterocycles. The summed E-state index contributed by atoms with van der Waals surface area (Å²) in [6, 6.07) is 10.6. The van der Waals surface area contributed by atoms with Crippen molar-refractivity contribution in [2.75, 3.05) is 26.7 Å². The van der Waals surface area contributed by atoms with Crippen molar-refractivity contribution in [1.29, 1.82) is 0 Å². The quantitative estimate of drug-likeness (QED) is 0.390. The zero-order chi connectivity index (χ0) is 26.4. The van der Waals surface area contributed by atoms with Crippen molar-refractivity contribution in [3.8, 4) is 17.6 Å². The molecule has 1 saturated heterocycles. The van der Waals surface area contributed by atoms with E-state index in [4.69, 9.17) is 4.74 Å². The number of aromatic nitrogens is 1. The van der Waals surface area contributed by atoms with Crippen LogP contribution < -0.4 is 4.74 Å². The van der Waals surface area contributed by atoms with Crippen molar-refractivity contribution in [3.63, 3.8) is 0 Å². The Morgan fingerprint density at radius 2 is 2.03 bits per heavy atom. The van der Waals surface area contributed by atoms with E-state index in [2.05, 4.69) is 21.7 Å². The van der Waals surface area contributed by atoms with Crippen molar-refractivity contribution in [1.82, 2.24) is 9.88 Å². The number of methoxy groups -OCH3 is 1. The number of hydrogen-bond acceptors (Lipinski definition) is 4. The Kier molecular flexibility index (Phi) is 8.67. The smallest absolute Gasteiger partial charge is 0.303 e. The molecular weight excluding hydrogens is 481 g/mol. The van der Waals surface area contributed by atoms with E-state index in [0.717, 1.165) is 18.6 Å². The van der Waals surface area contributed by atoms with Gasteiger partial charge in [-0.1, -0.05) is 11.8 Å². The number of likely N-dealkylation sites (tertiary alicyclic amines) is 1. The number of carboxylic acid groups (broad SMARTS) is 1. The van der Waals surface area contributed by atoms with E-state index in [0.29, 0.717) is 53.8 Å². The zero-order valence-corrected chi connectivity index (χ0v) is 20.6. The highest BCUT2D eigenvalue weighted by atomic mass is 19.2. The van der Waals surface area contributed by atoms with Crippen molar-refractivity contribution in [2.24, 2.45) is 11.8 Å². The van der Waals surface area contributed by atoms with Crippen LogP contribution in [-0.2, 0) is 4.79 Å². The molecule has 4 rings (SSSR count). The number of benzene rings is 2. The van der Waals surface area contributed by atoms with Crippen LogP contribution in [0, 0.1) is 35.3 Å². The fourth-order valence-electron chi connectivity index (χ4n) is 5.03. The minimum absolute atomic E-state index is 0.00407. The lowest BCUT2D eigenvalue weighted by molar-refractivity contribution is -0.139. The fourth-order valence-corrected chi connectivity index (χ4v) is 5.03. The van der Waals surface area contributed by atoms with Crippen molar-refractivity contribution >= 4 is 16.9 Å². The molecule has 0 radical (unpaired) electrons. The first-order valence-corrected chi connectivity index (χ1v) is 12.3. The summed E-state index contributed by atoms with van der Waals surface area (Å²) < 4.78 is 47.2. The lowest BCUT2D eigenvalue weighted by Gasteiger charge is -2.37. The van der Waals surface area contributed by atoms with Gasteiger partial charge in [0.05, 0.1) is 19.2 Å². The number of halogens is 3. The number of carbonyl (C=O) groups is 1. The van der Waals surface area contributed by atoms with Crippen LogP contribution in [0.25, 0.3) is 10.9 Å². The summed E-state index contributed by atoms with van der Waals surface area (Å²) >= 11 is 0. The number of ether oxygens (including phenoxy) is 1. The number of carboxylic acids is 1. The van der Waals surface area contributed by atoms with Crippen LogP contribution in [0.5, 0.6) is 5.75 Å². The maximum Gasteiger partial charge on any atom is 0.303 e. The molecule has 1 aromatic heterocycles. The van der Waals surface area contributed by atoms with E-state index in [1.165, 1.54) is 6.07 Å². The highest BCUT2D eigenvalue weighted by molar-refractivity contribution is 5.83. The molecule has 3 atom stereocenters. The number of piperidine rings is 1. The number of fused-ring (bicyclic) bond motifs is 1. The van der Waals surface area contributed by atoms with Gasteiger partial charge in [0.25, 0.3) is 0 Å². The molecule has 3 aromatic rings. The number of hydrogen-bond donors (Lipinski definition) is 1. The number of alkyl halides is 1. The summed E-state index contributed by atoms with van der Waals surface area (Å²) in [6.45, 7) is 1.63. The summed E-state index contributed by atoms with van der Waals surface area (Å²) in [5, 5.41) is 10.2. The summed E-state index contributed by atoms with van der Waals surface area (Å²) in [7, 11) is 1.56. The maximum absolute atomic E-state index is 15.4. The monoisotopic (exact) mass is 510 g/mol. The predicted octanol–water partition coefficient (Wildman–Crippen LogP) is 5.78. The second-order valence-electron chi connectivity index (χ2n) is 9.40. The van der Waals surface area contributed by atoms with E-state index in [-0.39, 0.29) is 24.7 Å². The normalized spacial score (nSPS) is 18.7. The Bertz CT molecular complexity index is 1320.